The highest BCUT2D eigenvalue weighted by atomic mass is 35.5. The Morgan fingerprint density at radius 3 is 2.68 bits per heavy atom. The Kier molecular flexibility index (Phi) is 5.56. The molecular formula is C18H17Cl2N3O2. The summed E-state index contributed by atoms with van der Waals surface area (Å²) in [5.74, 6) is -0.507. The molecule has 0 bridgehead atoms. The van der Waals surface area contributed by atoms with Gasteiger partial charge < -0.3 is 10.2 Å². The number of carbonyl (C=O) groups is 2. The molecule has 130 valence electrons. The molecule has 25 heavy (non-hydrogen) atoms. The molecule has 3 rings (SSSR count). The lowest BCUT2D eigenvalue weighted by atomic mass is 9.96. The first kappa shape index (κ1) is 17.7. The van der Waals surface area contributed by atoms with Gasteiger partial charge in [0.1, 0.15) is 5.15 Å². The van der Waals surface area contributed by atoms with Crippen molar-refractivity contribution in [2.75, 3.05) is 18.4 Å². The number of para-hydroxylation sites is 1. The van der Waals surface area contributed by atoms with Gasteiger partial charge >= 0.3 is 0 Å². The molecule has 2 aromatic rings. The van der Waals surface area contributed by atoms with Crippen LogP contribution in [0.25, 0.3) is 0 Å². The average molecular weight is 378 g/mol. The second-order valence-corrected chi connectivity index (χ2v) is 6.71. The zero-order valence-corrected chi connectivity index (χ0v) is 14.9. The maximum Gasteiger partial charge on any atom is 0.255 e. The summed E-state index contributed by atoms with van der Waals surface area (Å²) in [5.41, 5.74) is 1.13. The van der Waals surface area contributed by atoms with Crippen molar-refractivity contribution in [2.45, 2.75) is 12.8 Å². The first-order chi connectivity index (χ1) is 12.0. The molecule has 5 nitrogen and oxygen atoms in total. The minimum absolute atomic E-state index is 0.0732. The quantitative estimate of drug-likeness (QED) is 0.825. The molecule has 1 aromatic carbocycles. The molecule has 1 unspecified atom stereocenters. The highest BCUT2D eigenvalue weighted by Crippen LogP contribution is 2.23. The summed E-state index contributed by atoms with van der Waals surface area (Å²) in [4.78, 5) is 30.7. The Bertz CT molecular complexity index is 783. The number of piperidine rings is 1. The fraction of sp³-hybridized carbons (Fsp3) is 0.278. The van der Waals surface area contributed by atoms with Crippen molar-refractivity contribution in [3.63, 3.8) is 0 Å². The second kappa shape index (κ2) is 7.85. The highest BCUT2D eigenvalue weighted by molar-refractivity contribution is 6.41. The molecule has 1 aliphatic rings. The van der Waals surface area contributed by atoms with Gasteiger partial charge in [0.15, 0.2) is 0 Å². The normalized spacial score (nSPS) is 17.2. The monoisotopic (exact) mass is 377 g/mol. The van der Waals surface area contributed by atoms with Crippen LogP contribution in [0.15, 0.2) is 42.6 Å². The van der Waals surface area contributed by atoms with Gasteiger partial charge in [0.05, 0.1) is 16.5 Å². The summed E-state index contributed by atoms with van der Waals surface area (Å²) in [5, 5.41) is 3.30. The van der Waals surface area contributed by atoms with Crippen molar-refractivity contribution >= 4 is 40.7 Å². The van der Waals surface area contributed by atoms with Crippen LogP contribution in [-0.4, -0.2) is 34.8 Å². The molecule has 1 aromatic heterocycles. The van der Waals surface area contributed by atoms with Crippen LogP contribution in [0.1, 0.15) is 23.2 Å². The predicted octanol–water partition coefficient (Wildman–Crippen LogP) is 3.88. The number of nitrogens with zero attached hydrogens (tertiary/aromatic N) is 2. The third-order valence-corrected chi connectivity index (χ3v) is 4.85. The van der Waals surface area contributed by atoms with Crippen molar-refractivity contribution in [1.82, 2.24) is 9.88 Å². The molecule has 1 fully saturated rings. The van der Waals surface area contributed by atoms with Gasteiger partial charge in [-0.1, -0.05) is 41.4 Å². The van der Waals surface area contributed by atoms with Gasteiger partial charge in [-0.05, 0) is 31.0 Å². The van der Waals surface area contributed by atoms with E-state index in [9.17, 15) is 9.59 Å². The molecular weight excluding hydrogens is 361 g/mol. The van der Waals surface area contributed by atoms with E-state index in [0.717, 1.165) is 18.5 Å². The maximum atomic E-state index is 12.6. The highest BCUT2D eigenvalue weighted by Gasteiger charge is 2.29. The van der Waals surface area contributed by atoms with Crippen molar-refractivity contribution in [3.8, 4) is 0 Å². The number of pyridine rings is 1. The summed E-state index contributed by atoms with van der Waals surface area (Å²) in [6.07, 6.45) is 2.93. The van der Waals surface area contributed by atoms with Crippen LogP contribution in [0, 0.1) is 5.92 Å². The number of anilines is 1. The standard InChI is InChI=1S/C18H17Cl2N3O2/c19-15-9-13(10-21-16(15)20)18(25)23-8-4-5-12(11-23)17(24)22-14-6-2-1-3-7-14/h1-3,6-7,9-10,12H,4-5,8,11H2,(H,22,24). The molecule has 1 N–H and O–H groups in total. The molecule has 1 aliphatic heterocycles. The number of hydrogen-bond donors (Lipinski definition) is 1. The number of hydrogen-bond acceptors (Lipinski definition) is 3. The number of likely N-dealkylation sites (tertiary alicyclic amines) is 1. The minimum atomic E-state index is -0.242. The van der Waals surface area contributed by atoms with E-state index in [1.165, 1.54) is 12.3 Å². The van der Waals surface area contributed by atoms with Crippen LogP contribution in [0.5, 0.6) is 0 Å². The molecule has 2 heterocycles. The van der Waals surface area contributed by atoms with Crippen LogP contribution in [0.4, 0.5) is 5.69 Å². The smallest absolute Gasteiger partial charge is 0.255 e. The molecule has 1 saturated heterocycles. The van der Waals surface area contributed by atoms with E-state index in [0.29, 0.717) is 18.7 Å². The third kappa shape index (κ3) is 4.30. The fourth-order valence-electron chi connectivity index (χ4n) is 2.86. The van der Waals surface area contributed by atoms with Gasteiger partial charge in [-0.3, -0.25) is 9.59 Å². The molecule has 2 amide bonds. The van der Waals surface area contributed by atoms with E-state index in [1.807, 2.05) is 30.3 Å². The maximum absolute atomic E-state index is 12.6. The molecule has 0 spiro atoms. The van der Waals surface area contributed by atoms with Crippen LogP contribution < -0.4 is 5.32 Å². The molecule has 1 atom stereocenters. The largest absolute Gasteiger partial charge is 0.338 e. The number of rotatable bonds is 3. The molecule has 0 radical (unpaired) electrons. The number of aromatic nitrogens is 1. The van der Waals surface area contributed by atoms with E-state index < -0.39 is 0 Å². The Hall–Kier alpha value is -2.11. The molecule has 7 heteroatoms. The zero-order valence-electron chi connectivity index (χ0n) is 13.4. The number of carbonyl (C=O) groups excluding carboxylic acids is 2. The zero-order chi connectivity index (χ0) is 17.8. The van der Waals surface area contributed by atoms with Crippen LogP contribution in [0.3, 0.4) is 0 Å². The van der Waals surface area contributed by atoms with Crippen LogP contribution >= 0.6 is 23.2 Å². The van der Waals surface area contributed by atoms with Crippen molar-refractivity contribution in [1.29, 1.82) is 0 Å². The van der Waals surface area contributed by atoms with Crippen LogP contribution in [-0.2, 0) is 4.79 Å². The SMILES string of the molecule is O=C(Nc1ccccc1)C1CCCN(C(=O)c2cnc(Cl)c(Cl)c2)C1. The van der Waals surface area contributed by atoms with E-state index >= 15 is 0 Å². The van der Waals surface area contributed by atoms with Gasteiger partial charge in [-0.2, -0.15) is 0 Å². The van der Waals surface area contributed by atoms with Gasteiger partial charge in [0.25, 0.3) is 5.91 Å². The fourth-order valence-corrected chi connectivity index (χ4v) is 3.13. The van der Waals surface area contributed by atoms with E-state index in [4.69, 9.17) is 23.2 Å². The summed E-state index contributed by atoms with van der Waals surface area (Å²) in [6.45, 7) is 0.978. The summed E-state index contributed by atoms with van der Waals surface area (Å²) >= 11 is 11.7. The van der Waals surface area contributed by atoms with Gasteiger partial charge in [0.2, 0.25) is 5.91 Å². The molecule has 0 saturated carbocycles. The lowest BCUT2D eigenvalue weighted by Gasteiger charge is -2.32. The van der Waals surface area contributed by atoms with E-state index in [1.54, 1.807) is 4.90 Å². The Morgan fingerprint density at radius 2 is 1.96 bits per heavy atom. The first-order valence-corrected chi connectivity index (χ1v) is 8.76. The van der Waals surface area contributed by atoms with Crippen molar-refractivity contribution in [3.05, 3.63) is 58.3 Å². The average Bonchev–Trinajstić information content (AvgIpc) is 2.64. The first-order valence-electron chi connectivity index (χ1n) is 8.01. The third-order valence-electron chi connectivity index (χ3n) is 4.16. The van der Waals surface area contributed by atoms with Gasteiger partial charge in [0, 0.05) is 25.0 Å². The van der Waals surface area contributed by atoms with Crippen molar-refractivity contribution in [2.24, 2.45) is 5.92 Å². The number of nitrogens with one attached hydrogen (secondary N) is 1. The Balaban J connectivity index is 1.67. The topological polar surface area (TPSA) is 62.3 Å². The number of amides is 2. The second-order valence-electron chi connectivity index (χ2n) is 5.94. The lowest BCUT2D eigenvalue weighted by Crippen LogP contribution is -2.43. The summed E-state index contributed by atoms with van der Waals surface area (Å²) < 4.78 is 0. The van der Waals surface area contributed by atoms with E-state index in [-0.39, 0.29) is 27.9 Å². The van der Waals surface area contributed by atoms with Gasteiger partial charge in [-0.15, -0.1) is 0 Å². The van der Waals surface area contributed by atoms with E-state index in [2.05, 4.69) is 10.3 Å². The summed E-state index contributed by atoms with van der Waals surface area (Å²) in [6, 6.07) is 10.8. The Morgan fingerprint density at radius 1 is 1.20 bits per heavy atom. The predicted molar refractivity (Wildman–Crippen MR) is 98.0 cm³/mol. The summed E-state index contributed by atoms with van der Waals surface area (Å²) in [7, 11) is 0. The minimum Gasteiger partial charge on any atom is -0.338 e. The Labute approximate surface area is 155 Å². The lowest BCUT2D eigenvalue weighted by molar-refractivity contribution is -0.121. The van der Waals surface area contributed by atoms with Crippen molar-refractivity contribution < 1.29 is 9.59 Å². The number of benzene rings is 1. The molecule has 0 aliphatic carbocycles. The van der Waals surface area contributed by atoms with Crippen LogP contribution in [0.2, 0.25) is 10.2 Å². The van der Waals surface area contributed by atoms with Gasteiger partial charge in [-0.25, -0.2) is 4.98 Å². The number of halogens is 2.